The molecule has 3 heteroatoms. The van der Waals surface area contributed by atoms with Crippen LogP contribution in [0, 0.1) is 11.0 Å². The van der Waals surface area contributed by atoms with Crippen LogP contribution in [0.1, 0.15) is 18.9 Å². The third kappa shape index (κ3) is 2.44. The lowest BCUT2D eigenvalue weighted by molar-refractivity contribution is -0.594. The number of nitrogens with zero attached hydrogens (tertiary/aromatic N) is 1. The van der Waals surface area contributed by atoms with E-state index < -0.39 is 0 Å². The second kappa shape index (κ2) is 4.95. The molecule has 0 atom stereocenters. The second-order valence-electron chi connectivity index (χ2n) is 3.96. The number of halogens is 1. The first-order valence-corrected chi connectivity index (χ1v) is 5.69. The number of hydrogen-bond donors (Lipinski definition) is 0. The molecule has 0 bridgehead atoms. The van der Waals surface area contributed by atoms with Gasteiger partial charge in [0.15, 0.2) is 6.20 Å². The molecule has 17 heavy (non-hydrogen) atoms. The predicted octanol–water partition coefficient (Wildman–Crippen LogP) is 3.08. The summed E-state index contributed by atoms with van der Waals surface area (Å²) in [5.74, 6) is -0.292. The van der Waals surface area contributed by atoms with Gasteiger partial charge in [-0.2, -0.15) is 4.73 Å². The van der Waals surface area contributed by atoms with Crippen LogP contribution in [0.4, 0.5) is 4.39 Å². The van der Waals surface area contributed by atoms with Gasteiger partial charge in [0.1, 0.15) is 5.82 Å². The molecule has 1 aromatic heterocycles. The second-order valence-corrected chi connectivity index (χ2v) is 3.96. The minimum absolute atomic E-state index is 0.292. The van der Waals surface area contributed by atoms with E-state index in [2.05, 4.69) is 6.92 Å². The largest absolute Gasteiger partial charge is 0.618 e. The summed E-state index contributed by atoms with van der Waals surface area (Å²) < 4.78 is 13.7. The van der Waals surface area contributed by atoms with Crippen molar-refractivity contribution in [1.29, 1.82) is 0 Å². The maximum atomic E-state index is 12.9. The van der Waals surface area contributed by atoms with E-state index in [1.807, 2.05) is 6.07 Å². The molecule has 0 unspecified atom stereocenters. The zero-order chi connectivity index (χ0) is 12.3. The van der Waals surface area contributed by atoms with Gasteiger partial charge >= 0.3 is 0 Å². The van der Waals surface area contributed by atoms with Crippen LogP contribution in [0.2, 0.25) is 0 Å². The Morgan fingerprint density at radius 3 is 2.53 bits per heavy atom. The van der Waals surface area contributed by atoms with E-state index in [1.165, 1.54) is 18.3 Å². The van der Waals surface area contributed by atoms with Crippen LogP contribution in [0.15, 0.2) is 42.6 Å². The lowest BCUT2D eigenvalue weighted by atomic mass is 10.0. The van der Waals surface area contributed by atoms with Gasteiger partial charge in [0.25, 0.3) is 0 Å². The topological polar surface area (TPSA) is 26.9 Å². The summed E-state index contributed by atoms with van der Waals surface area (Å²) in [4.78, 5) is 0. The lowest BCUT2D eigenvalue weighted by Gasteiger charge is -2.09. The van der Waals surface area contributed by atoms with E-state index in [1.54, 1.807) is 18.2 Å². The lowest BCUT2D eigenvalue weighted by Crippen LogP contribution is -2.29. The van der Waals surface area contributed by atoms with Crippen LogP contribution in [0.3, 0.4) is 0 Å². The highest BCUT2D eigenvalue weighted by atomic mass is 19.1. The van der Waals surface area contributed by atoms with Gasteiger partial charge in [0.2, 0.25) is 5.69 Å². The van der Waals surface area contributed by atoms with Crippen molar-refractivity contribution in [3.05, 3.63) is 59.2 Å². The van der Waals surface area contributed by atoms with E-state index in [0.717, 1.165) is 28.7 Å². The Kier molecular flexibility index (Phi) is 3.38. The number of rotatable bonds is 3. The SMILES string of the molecule is CCCc1ccc[n+]([O-])c1-c1ccc(F)cc1. The van der Waals surface area contributed by atoms with Gasteiger partial charge in [0.05, 0.1) is 0 Å². The summed E-state index contributed by atoms with van der Waals surface area (Å²) >= 11 is 0. The van der Waals surface area contributed by atoms with Crippen molar-refractivity contribution in [3.63, 3.8) is 0 Å². The van der Waals surface area contributed by atoms with Crippen molar-refractivity contribution in [2.24, 2.45) is 0 Å². The molecule has 88 valence electrons. The first kappa shape index (κ1) is 11.6. The van der Waals surface area contributed by atoms with Crippen molar-refractivity contribution in [1.82, 2.24) is 0 Å². The van der Waals surface area contributed by atoms with Crippen molar-refractivity contribution in [2.75, 3.05) is 0 Å². The minimum Gasteiger partial charge on any atom is -0.618 e. The maximum absolute atomic E-state index is 12.9. The summed E-state index contributed by atoms with van der Waals surface area (Å²) in [6, 6.07) is 9.70. The highest BCUT2D eigenvalue weighted by molar-refractivity contribution is 5.60. The molecule has 2 aromatic rings. The van der Waals surface area contributed by atoms with E-state index in [-0.39, 0.29) is 5.82 Å². The summed E-state index contributed by atoms with van der Waals surface area (Å²) in [6.45, 7) is 2.07. The maximum Gasteiger partial charge on any atom is 0.226 e. The zero-order valence-electron chi connectivity index (χ0n) is 9.69. The number of aryl methyl sites for hydroxylation is 1. The van der Waals surface area contributed by atoms with Crippen LogP contribution in [-0.4, -0.2) is 0 Å². The molecule has 0 aliphatic rings. The Morgan fingerprint density at radius 2 is 1.88 bits per heavy atom. The van der Waals surface area contributed by atoms with Crippen LogP contribution >= 0.6 is 0 Å². The van der Waals surface area contributed by atoms with E-state index >= 15 is 0 Å². The molecular weight excluding hydrogens is 217 g/mol. The number of pyridine rings is 1. The molecule has 0 spiro atoms. The molecule has 0 radical (unpaired) electrons. The Morgan fingerprint density at radius 1 is 1.18 bits per heavy atom. The first-order valence-electron chi connectivity index (χ1n) is 5.69. The van der Waals surface area contributed by atoms with Crippen molar-refractivity contribution in [3.8, 4) is 11.3 Å². The molecule has 0 N–H and O–H groups in total. The average molecular weight is 231 g/mol. The van der Waals surface area contributed by atoms with Crippen LogP contribution < -0.4 is 4.73 Å². The standard InChI is InChI=1S/C14H14FNO/c1-2-4-11-5-3-10-16(17)14(11)12-6-8-13(15)9-7-12/h3,5-10H,2,4H2,1H3. The molecule has 1 heterocycles. The predicted molar refractivity (Wildman–Crippen MR) is 64.8 cm³/mol. The average Bonchev–Trinajstić information content (AvgIpc) is 2.32. The van der Waals surface area contributed by atoms with Crippen LogP contribution in [0.5, 0.6) is 0 Å². The fourth-order valence-corrected chi connectivity index (χ4v) is 1.92. The summed E-state index contributed by atoms with van der Waals surface area (Å²) in [5, 5.41) is 11.8. The Labute approximate surface area is 99.9 Å². The van der Waals surface area contributed by atoms with Gasteiger partial charge in [-0.15, -0.1) is 0 Å². The molecule has 0 fully saturated rings. The van der Waals surface area contributed by atoms with Crippen molar-refractivity contribution < 1.29 is 9.12 Å². The smallest absolute Gasteiger partial charge is 0.226 e. The molecule has 1 aromatic carbocycles. The number of hydrogen-bond acceptors (Lipinski definition) is 1. The first-order chi connectivity index (χ1) is 8.22. The minimum atomic E-state index is -0.292. The molecule has 0 aliphatic carbocycles. The van der Waals surface area contributed by atoms with E-state index in [0.29, 0.717) is 5.69 Å². The fraction of sp³-hybridized carbons (Fsp3) is 0.214. The van der Waals surface area contributed by atoms with Gasteiger partial charge in [-0.3, -0.25) is 0 Å². The third-order valence-corrected chi connectivity index (χ3v) is 2.68. The van der Waals surface area contributed by atoms with Gasteiger partial charge in [-0.05, 0) is 36.8 Å². The number of benzene rings is 1. The van der Waals surface area contributed by atoms with Gasteiger partial charge in [-0.25, -0.2) is 4.39 Å². The Balaban J connectivity index is 2.53. The van der Waals surface area contributed by atoms with E-state index in [9.17, 15) is 9.60 Å². The summed E-state index contributed by atoms with van der Waals surface area (Å²) in [6.07, 6.45) is 3.28. The van der Waals surface area contributed by atoms with Crippen molar-refractivity contribution in [2.45, 2.75) is 19.8 Å². The summed E-state index contributed by atoms with van der Waals surface area (Å²) in [7, 11) is 0. The highest BCUT2D eigenvalue weighted by Gasteiger charge is 2.13. The highest BCUT2D eigenvalue weighted by Crippen LogP contribution is 2.21. The molecule has 2 nitrogen and oxygen atoms in total. The van der Waals surface area contributed by atoms with Gasteiger partial charge in [0, 0.05) is 17.2 Å². The monoisotopic (exact) mass is 231 g/mol. The molecule has 0 saturated carbocycles. The van der Waals surface area contributed by atoms with Crippen molar-refractivity contribution >= 4 is 0 Å². The van der Waals surface area contributed by atoms with Gasteiger partial charge < -0.3 is 5.21 Å². The van der Waals surface area contributed by atoms with E-state index in [4.69, 9.17) is 0 Å². The molecule has 0 saturated heterocycles. The van der Waals surface area contributed by atoms with Crippen LogP contribution in [-0.2, 0) is 6.42 Å². The Hall–Kier alpha value is -1.90. The zero-order valence-corrected chi connectivity index (χ0v) is 9.69. The fourth-order valence-electron chi connectivity index (χ4n) is 1.92. The molecule has 0 amide bonds. The third-order valence-electron chi connectivity index (χ3n) is 2.68. The number of aromatic nitrogens is 1. The molecule has 2 rings (SSSR count). The normalized spacial score (nSPS) is 10.5. The quantitative estimate of drug-likeness (QED) is 0.589. The summed E-state index contributed by atoms with van der Waals surface area (Å²) in [5.41, 5.74) is 2.37. The van der Waals surface area contributed by atoms with Crippen LogP contribution in [0.25, 0.3) is 11.3 Å². The van der Waals surface area contributed by atoms with Gasteiger partial charge in [-0.1, -0.05) is 13.3 Å². The molecule has 0 aliphatic heterocycles. The Bertz CT molecular complexity index is 508. The molecular formula is C14H14FNO.